The smallest absolute Gasteiger partial charge is 0.338 e. The van der Waals surface area contributed by atoms with Crippen LogP contribution in [-0.2, 0) is 14.3 Å². The number of carbonyl (C=O) groups is 1. The standard InChI is InChI=1S/C18H22N4O3/c1-3-9-24-10-11-25-17(23)15-13(2)21-18-19-12-20-22(18)16(15)14-7-5-4-6-8-14/h4-8,12,16H,3,9-11H2,1-2H3,(H,19,20,21)/t16-/m0/s1. The predicted octanol–water partition coefficient (Wildman–Crippen LogP) is 2.54. The molecule has 1 aromatic carbocycles. The topological polar surface area (TPSA) is 78.3 Å². The molecule has 1 aromatic heterocycles. The Morgan fingerprint density at radius 1 is 1.24 bits per heavy atom. The number of hydrogen-bond donors (Lipinski definition) is 1. The summed E-state index contributed by atoms with van der Waals surface area (Å²) >= 11 is 0. The molecule has 0 aliphatic carbocycles. The molecule has 25 heavy (non-hydrogen) atoms. The Balaban J connectivity index is 1.83. The summed E-state index contributed by atoms with van der Waals surface area (Å²) in [5.41, 5.74) is 2.19. The lowest BCUT2D eigenvalue weighted by Gasteiger charge is -2.28. The minimum absolute atomic E-state index is 0.224. The average Bonchev–Trinajstić information content (AvgIpc) is 3.08. The van der Waals surface area contributed by atoms with Crippen LogP contribution in [0.15, 0.2) is 47.9 Å². The molecule has 0 spiro atoms. The molecule has 2 heterocycles. The number of ether oxygens (including phenoxy) is 2. The number of anilines is 1. The third-order valence-corrected chi connectivity index (χ3v) is 3.94. The van der Waals surface area contributed by atoms with Gasteiger partial charge in [0.05, 0.1) is 12.2 Å². The van der Waals surface area contributed by atoms with Gasteiger partial charge in [-0.2, -0.15) is 10.1 Å². The number of carbonyl (C=O) groups excluding carboxylic acids is 1. The van der Waals surface area contributed by atoms with Gasteiger partial charge in [0, 0.05) is 12.3 Å². The summed E-state index contributed by atoms with van der Waals surface area (Å²) in [4.78, 5) is 16.9. The number of hydrogen-bond acceptors (Lipinski definition) is 6. The number of esters is 1. The summed E-state index contributed by atoms with van der Waals surface area (Å²) in [5.74, 6) is 0.231. The number of nitrogens with zero attached hydrogens (tertiary/aromatic N) is 3. The molecule has 0 fully saturated rings. The summed E-state index contributed by atoms with van der Waals surface area (Å²) in [6, 6.07) is 9.37. The molecule has 7 heteroatoms. The van der Waals surface area contributed by atoms with Crippen molar-refractivity contribution >= 4 is 11.9 Å². The summed E-state index contributed by atoms with van der Waals surface area (Å²) in [7, 11) is 0. The minimum atomic E-state index is -0.375. The van der Waals surface area contributed by atoms with E-state index in [2.05, 4.69) is 15.4 Å². The van der Waals surface area contributed by atoms with Crippen molar-refractivity contribution in [3.63, 3.8) is 0 Å². The highest BCUT2D eigenvalue weighted by Crippen LogP contribution is 2.34. The highest BCUT2D eigenvalue weighted by molar-refractivity contribution is 5.92. The molecular formula is C18H22N4O3. The monoisotopic (exact) mass is 342 g/mol. The molecule has 0 bridgehead atoms. The molecule has 1 N–H and O–H groups in total. The highest BCUT2D eigenvalue weighted by Gasteiger charge is 2.34. The predicted molar refractivity (Wildman–Crippen MR) is 93.0 cm³/mol. The van der Waals surface area contributed by atoms with Gasteiger partial charge in [-0.3, -0.25) is 0 Å². The van der Waals surface area contributed by atoms with E-state index < -0.39 is 0 Å². The van der Waals surface area contributed by atoms with E-state index in [0.717, 1.165) is 12.0 Å². The Morgan fingerprint density at radius 3 is 2.80 bits per heavy atom. The molecule has 0 unspecified atom stereocenters. The summed E-state index contributed by atoms with van der Waals surface area (Å²) < 4.78 is 12.5. The molecule has 7 nitrogen and oxygen atoms in total. The van der Waals surface area contributed by atoms with Gasteiger partial charge >= 0.3 is 5.97 Å². The average molecular weight is 342 g/mol. The fraction of sp³-hybridized carbons (Fsp3) is 0.389. The minimum Gasteiger partial charge on any atom is -0.460 e. The van der Waals surface area contributed by atoms with Crippen LogP contribution >= 0.6 is 0 Å². The molecular weight excluding hydrogens is 320 g/mol. The lowest BCUT2D eigenvalue weighted by Crippen LogP contribution is -2.30. The van der Waals surface area contributed by atoms with Crippen LogP contribution in [0.1, 0.15) is 31.9 Å². The van der Waals surface area contributed by atoms with E-state index in [9.17, 15) is 4.79 Å². The zero-order valence-electron chi connectivity index (χ0n) is 14.4. The zero-order valence-corrected chi connectivity index (χ0v) is 14.4. The van der Waals surface area contributed by atoms with Crippen LogP contribution in [0.3, 0.4) is 0 Å². The highest BCUT2D eigenvalue weighted by atomic mass is 16.6. The van der Waals surface area contributed by atoms with Crippen LogP contribution in [0.2, 0.25) is 0 Å². The van der Waals surface area contributed by atoms with Gasteiger partial charge in [-0.15, -0.1) is 0 Å². The molecule has 0 saturated heterocycles. The Bertz CT molecular complexity index is 755. The summed E-state index contributed by atoms with van der Waals surface area (Å²) in [6.45, 7) is 5.16. The summed E-state index contributed by atoms with van der Waals surface area (Å²) in [5, 5.41) is 7.40. The number of nitrogens with one attached hydrogen (secondary N) is 1. The Morgan fingerprint density at radius 2 is 2.04 bits per heavy atom. The van der Waals surface area contributed by atoms with E-state index in [0.29, 0.717) is 30.4 Å². The Labute approximate surface area is 146 Å². The first-order valence-corrected chi connectivity index (χ1v) is 8.39. The van der Waals surface area contributed by atoms with Crippen molar-refractivity contribution < 1.29 is 14.3 Å². The van der Waals surface area contributed by atoms with Gasteiger partial charge in [0.2, 0.25) is 5.95 Å². The van der Waals surface area contributed by atoms with Crippen molar-refractivity contribution in [3.8, 4) is 0 Å². The zero-order chi connectivity index (χ0) is 17.6. The van der Waals surface area contributed by atoms with E-state index >= 15 is 0 Å². The SMILES string of the molecule is CCCOCCOC(=O)C1=C(C)Nc2ncnn2[C@H]1c1ccccc1. The van der Waals surface area contributed by atoms with Crippen LogP contribution in [0.25, 0.3) is 0 Å². The van der Waals surface area contributed by atoms with Crippen LogP contribution < -0.4 is 5.32 Å². The first kappa shape index (κ1) is 17.2. The van der Waals surface area contributed by atoms with E-state index in [1.165, 1.54) is 6.33 Å². The van der Waals surface area contributed by atoms with Crippen LogP contribution in [-0.4, -0.2) is 40.6 Å². The molecule has 0 saturated carbocycles. The lowest BCUT2D eigenvalue weighted by atomic mass is 9.96. The molecule has 2 aromatic rings. The summed E-state index contributed by atoms with van der Waals surface area (Å²) in [6.07, 6.45) is 2.41. The third-order valence-electron chi connectivity index (χ3n) is 3.94. The normalized spacial score (nSPS) is 16.3. The maximum Gasteiger partial charge on any atom is 0.338 e. The van der Waals surface area contributed by atoms with Crippen molar-refractivity contribution in [2.75, 3.05) is 25.1 Å². The van der Waals surface area contributed by atoms with Gasteiger partial charge in [-0.25, -0.2) is 9.48 Å². The Hall–Kier alpha value is -2.67. The van der Waals surface area contributed by atoms with Crippen molar-refractivity contribution in [2.24, 2.45) is 0 Å². The van der Waals surface area contributed by atoms with Crippen LogP contribution in [0.4, 0.5) is 5.95 Å². The fourth-order valence-electron chi connectivity index (χ4n) is 2.82. The van der Waals surface area contributed by atoms with E-state index in [4.69, 9.17) is 9.47 Å². The maximum atomic E-state index is 12.7. The van der Waals surface area contributed by atoms with Crippen molar-refractivity contribution in [1.29, 1.82) is 0 Å². The Kier molecular flexibility index (Phi) is 5.45. The van der Waals surface area contributed by atoms with E-state index in [1.54, 1.807) is 4.68 Å². The van der Waals surface area contributed by atoms with Gasteiger partial charge in [-0.05, 0) is 18.9 Å². The fourth-order valence-corrected chi connectivity index (χ4v) is 2.82. The second kappa shape index (κ2) is 7.94. The second-order valence-electron chi connectivity index (χ2n) is 5.75. The van der Waals surface area contributed by atoms with Crippen molar-refractivity contribution in [2.45, 2.75) is 26.3 Å². The van der Waals surface area contributed by atoms with Crippen LogP contribution in [0, 0.1) is 0 Å². The van der Waals surface area contributed by atoms with Crippen LogP contribution in [0.5, 0.6) is 0 Å². The van der Waals surface area contributed by atoms with Crippen molar-refractivity contribution in [3.05, 3.63) is 53.5 Å². The van der Waals surface area contributed by atoms with E-state index in [1.807, 2.05) is 44.2 Å². The maximum absolute atomic E-state index is 12.7. The van der Waals surface area contributed by atoms with E-state index in [-0.39, 0.29) is 18.6 Å². The largest absolute Gasteiger partial charge is 0.460 e. The molecule has 132 valence electrons. The number of benzene rings is 1. The number of allylic oxidation sites excluding steroid dienone is 1. The first-order valence-electron chi connectivity index (χ1n) is 8.39. The van der Waals surface area contributed by atoms with Gasteiger partial charge in [0.15, 0.2) is 0 Å². The van der Waals surface area contributed by atoms with Gasteiger partial charge in [-0.1, -0.05) is 37.3 Å². The molecule has 0 amide bonds. The molecule has 1 atom stereocenters. The van der Waals surface area contributed by atoms with Crippen molar-refractivity contribution in [1.82, 2.24) is 14.8 Å². The number of aromatic nitrogens is 3. The van der Waals surface area contributed by atoms with Gasteiger partial charge in [0.1, 0.15) is 19.0 Å². The molecule has 3 rings (SSSR count). The molecule has 1 aliphatic heterocycles. The third kappa shape index (κ3) is 3.71. The quantitative estimate of drug-likeness (QED) is 0.615. The second-order valence-corrected chi connectivity index (χ2v) is 5.75. The molecule has 0 radical (unpaired) electrons. The number of fused-ring (bicyclic) bond motifs is 1. The van der Waals surface area contributed by atoms with Gasteiger partial charge < -0.3 is 14.8 Å². The number of rotatable bonds is 7. The molecule has 1 aliphatic rings. The lowest BCUT2D eigenvalue weighted by molar-refractivity contribution is -0.141. The first-order chi connectivity index (χ1) is 12.2. The van der Waals surface area contributed by atoms with Gasteiger partial charge in [0.25, 0.3) is 0 Å².